The number of hydrogen-bond donors (Lipinski definition) is 1. The SMILES string of the molecule is CCCN1CCOC(C(N)Cc2cc(C)cc(C)c2)C1. The molecule has 20 heavy (non-hydrogen) atoms. The predicted molar refractivity (Wildman–Crippen MR) is 84.1 cm³/mol. The van der Waals surface area contributed by atoms with E-state index in [1.807, 2.05) is 0 Å². The molecule has 1 aromatic rings. The second-order valence-corrected chi connectivity index (χ2v) is 6.07. The Hall–Kier alpha value is -0.900. The predicted octanol–water partition coefficient (Wildman–Crippen LogP) is 2.28. The summed E-state index contributed by atoms with van der Waals surface area (Å²) < 4.78 is 5.88. The van der Waals surface area contributed by atoms with Crippen molar-refractivity contribution in [1.82, 2.24) is 4.90 Å². The highest BCUT2D eigenvalue weighted by Gasteiger charge is 2.25. The molecule has 1 heterocycles. The summed E-state index contributed by atoms with van der Waals surface area (Å²) >= 11 is 0. The van der Waals surface area contributed by atoms with Crippen molar-refractivity contribution >= 4 is 0 Å². The first-order valence-corrected chi connectivity index (χ1v) is 7.75. The van der Waals surface area contributed by atoms with Crippen LogP contribution in [0.2, 0.25) is 0 Å². The Morgan fingerprint density at radius 1 is 1.30 bits per heavy atom. The number of hydrogen-bond acceptors (Lipinski definition) is 3. The highest BCUT2D eigenvalue weighted by atomic mass is 16.5. The van der Waals surface area contributed by atoms with E-state index >= 15 is 0 Å². The highest BCUT2D eigenvalue weighted by molar-refractivity contribution is 5.29. The van der Waals surface area contributed by atoms with Crippen molar-refractivity contribution in [2.75, 3.05) is 26.2 Å². The molecule has 0 saturated carbocycles. The minimum atomic E-state index is 0.0795. The van der Waals surface area contributed by atoms with Crippen molar-refractivity contribution in [1.29, 1.82) is 0 Å². The maximum Gasteiger partial charge on any atom is 0.0856 e. The van der Waals surface area contributed by atoms with E-state index in [1.54, 1.807) is 0 Å². The fraction of sp³-hybridized carbons (Fsp3) is 0.647. The van der Waals surface area contributed by atoms with Crippen LogP contribution in [-0.2, 0) is 11.2 Å². The van der Waals surface area contributed by atoms with Crippen LogP contribution in [0.4, 0.5) is 0 Å². The van der Waals surface area contributed by atoms with Crippen LogP contribution in [0.25, 0.3) is 0 Å². The summed E-state index contributed by atoms with van der Waals surface area (Å²) in [5.74, 6) is 0. The van der Waals surface area contributed by atoms with Crippen LogP contribution in [0.1, 0.15) is 30.0 Å². The Kier molecular flexibility index (Phi) is 5.58. The van der Waals surface area contributed by atoms with Crippen LogP contribution >= 0.6 is 0 Å². The Balaban J connectivity index is 1.95. The van der Waals surface area contributed by atoms with Crippen LogP contribution in [0.15, 0.2) is 18.2 Å². The zero-order valence-electron chi connectivity index (χ0n) is 13.1. The van der Waals surface area contributed by atoms with Crippen molar-refractivity contribution < 1.29 is 4.74 Å². The largest absolute Gasteiger partial charge is 0.374 e. The number of rotatable bonds is 5. The number of nitrogens with zero attached hydrogens (tertiary/aromatic N) is 1. The third kappa shape index (κ3) is 4.30. The molecule has 0 aromatic heterocycles. The van der Waals surface area contributed by atoms with Crippen LogP contribution in [-0.4, -0.2) is 43.3 Å². The molecular formula is C17H28N2O. The van der Waals surface area contributed by atoms with Gasteiger partial charge in [-0.2, -0.15) is 0 Å². The molecule has 0 radical (unpaired) electrons. The molecule has 2 rings (SSSR count). The normalized spacial score (nSPS) is 21.9. The molecule has 0 amide bonds. The first-order chi connectivity index (χ1) is 9.58. The molecule has 112 valence electrons. The lowest BCUT2D eigenvalue weighted by atomic mass is 9.98. The molecule has 0 bridgehead atoms. The molecule has 1 fully saturated rings. The van der Waals surface area contributed by atoms with Gasteiger partial charge in [-0.3, -0.25) is 4.90 Å². The molecule has 0 aliphatic carbocycles. The lowest BCUT2D eigenvalue weighted by Gasteiger charge is -2.35. The second-order valence-electron chi connectivity index (χ2n) is 6.07. The second kappa shape index (κ2) is 7.21. The van der Waals surface area contributed by atoms with Gasteiger partial charge in [-0.05, 0) is 38.8 Å². The summed E-state index contributed by atoms with van der Waals surface area (Å²) in [4.78, 5) is 2.47. The smallest absolute Gasteiger partial charge is 0.0856 e. The maximum absolute atomic E-state index is 6.39. The molecule has 2 unspecified atom stereocenters. The van der Waals surface area contributed by atoms with Crippen molar-refractivity contribution in [2.24, 2.45) is 5.73 Å². The number of benzene rings is 1. The van der Waals surface area contributed by atoms with Gasteiger partial charge in [0.25, 0.3) is 0 Å². The van der Waals surface area contributed by atoms with E-state index < -0.39 is 0 Å². The van der Waals surface area contributed by atoms with Crippen molar-refractivity contribution in [3.05, 3.63) is 34.9 Å². The van der Waals surface area contributed by atoms with E-state index in [0.29, 0.717) is 0 Å². The molecular weight excluding hydrogens is 248 g/mol. The molecule has 3 nitrogen and oxygen atoms in total. The van der Waals surface area contributed by atoms with Gasteiger partial charge in [-0.25, -0.2) is 0 Å². The third-order valence-electron chi connectivity index (χ3n) is 3.95. The minimum Gasteiger partial charge on any atom is -0.374 e. The Labute approximate surface area is 123 Å². The van der Waals surface area contributed by atoms with Crippen molar-refractivity contribution in [3.63, 3.8) is 0 Å². The summed E-state index contributed by atoms with van der Waals surface area (Å²) in [5.41, 5.74) is 10.3. The van der Waals surface area contributed by atoms with Gasteiger partial charge in [0.05, 0.1) is 12.7 Å². The topological polar surface area (TPSA) is 38.5 Å². The first kappa shape index (κ1) is 15.5. The number of aryl methyl sites for hydroxylation is 2. The minimum absolute atomic E-state index is 0.0795. The summed E-state index contributed by atoms with van der Waals surface area (Å²) in [7, 11) is 0. The summed E-state index contributed by atoms with van der Waals surface area (Å²) in [5, 5.41) is 0. The summed E-state index contributed by atoms with van der Waals surface area (Å²) in [6.45, 7) is 10.5. The molecule has 1 saturated heterocycles. The Bertz CT molecular complexity index is 411. The van der Waals surface area contributed by atoms with Gasteiger partial charge in [-0.15, -0.1) is 0 Å². The third-order valence-corrected chi connectivity index (χ3v) is 3.95. The van der Waals surface area contributed by atoms with Gasteiger partial charge >= 0.3 is 0 Å². The molecule has 2 atom stereocenters. The quantitative estimate of drug-likeness (QED) is 0.896. The van der Waals surface area contributed by atoms with Gasteiger partial charge in [0.1, 0.15) is 0 Å². The molecule has 3 heteroatoms. The van der Waals surface area contributed by atoms with Crippen LogP contribution < -0.4 is 5.73 Å². The number of morpholine rings is 1. The van der Waals surface area contributed by atoms with Gasteiger partial charge < -0.3 is 10.5 Å². The Morgan fingerprint density at radius 2 is 2.00 bits per heavy atom. The number of nitrogens with two attached hydrogens (primary N) is 1. The van der Waals surface area contributed by atoms with E-state index in [1.165, 1.54) is 23.1 Å². The zero-order valence-corrected chi connectivity index (χ0v) is 13.1. The molecule has 1 aromatic carbocycles. The van der Waals surface area contributed by atoms with Gasteiger partial charge in [0.15, 0.2) is 0 Å². The van der Waals surface area contributed by atoms with E-state index in [4.69, 9.17) is 10.5 Å². The van der Waals surface area contributed by atoms with Crippen LogP contribution in [0, 0.1) is 13.8 Å². The monoisotopic (exact) mass is 276 g/mol. The maximum atomic E-state index is 6.39. The first-order valence-electron chi connectivity index (χ1n) is 7.75. The van der Waals surface area contributed by atoms with Crippen molar-refractivity contribution in [2.45, 2.75) is 45.8 Å². The van der Waals surface area contributed by atoms with E-state index in [-0.39, 0.29) is 12.1 Å². The van der Waals surface area contributed by atoms with E-state index in [9.17, 15) is 0 Å². The molecule has 0 spiro atoms. The highest BCUT2D eigenvalue weighted by Crippen LogP contribution is 2.15. The fourth-order valence-electron chi connectivity index (χ4n) is 3.10. The average Bonchev–Trinajstić information content (AvgIpc) is 2.38. The molecule has 1 aliphatic heterocycles. The Morgan fingerprint density at radius 3 is 2.65 bits per heavy atom. The molecule has 2 N–H and O–H groups in total. The standard InChI is InChI=1S/C17H28N2O/c1-4-5-19-6-7-20-17(12-19)16(18)11-15-9-13(2)8-14(3)10-15/h8-10,16-17H,4-7,11-12,18H2,1-3H3. The van der Waals surface area contributed by atoms with E-state index in [2.05, 4.69) is 43.9 Å². The van der Waals surface area contributed by atoms with E-state index in [0.717, 1.165) is 32.7 Å². The van der Waals surface area contributed by atoms with Crippen LogP contribution in [0.5, 0.6) is 0 Å². The lowest BCUT2D eigenvalue weighted by Crippen LogP contribution is -2.51. The van der Waals surface area contributed by atoms with Gasteiger partial charge in [0, 0.05) is 19.1 Å². The van der Waals surface area contributed by atoms with Crippen molar-refractivity contribution in [3.8, 4) is 0 Å². The summed E-state index contributed by atoms with van der Waals surface area (Å²) in [6.07, 6.45) is 2.25. The zero-order chi connectivity index (χ0) is 14.5. The van der Waals surface area contributed by atoms with Gasteiger partial charge in [0.2, 0.25) is 0 Å². The van der Waals surface area contributed by atoms with Crippen LogP contribution in [0.3, 0.4) is 0 Å². The number of ether oxygens (including phenoxy) is 1. The lowest BCUT2D eigenvalue weighted by molar-refractivity contribution is -0.0400. The molecule has 1 aliphatic rings. The fourth-order valence-corrected chi connectivity index (χ4v) is 3.10. The van der Waals surface area contributed by atoms with Gasteiger partial charge in [-0.1, -0.05) is 36.2 Å². The summed E-state index contributed by atoms with van der Waals surface area (Å²) in [6, 6.07) is 6.75. The average molecular weight is 276 g/mol.